The number of aromatic nitrogens is 2. The Hall–Kier alpha value is -2.99. The van der Waals surface area contributed by atoms with Crippen molar-refractivity contribution in [3.63, 3.8) is 0 Å². The molecular weight excluding hydrogens is 516 g/mol. The van der Waals surface area contributed by atoms with Crippen molar-refractivity contribution in [3.8, 4) is 0 Å². The van der Waals surface area contributed by atoms with Crippen molar-refractivity contribution in [2.45, 2.75) is 31.5 Å². The third-order valence-electron chi connectivity index (χ3n) is 6.81. The zero-order valence-corrected chi connectivity index (χ0v) is 22.2. The topological polar surface area (TPSA) is 120 Å². The summed E-state index contributed by atoms with van der Waals surface area (Å²) >= 11 is 7.48. The number of fused-ring (bicyclic) bond motifs is 2. The third kappa shape index (κ3) is 5.64. The van der Waals surface area contributed by atoms with Gasteiger partial charge in [0.2, 0.25) is 5.91 Å². The number of hydrogen-bond donors (Lipinski definition) is 3. The van der Waals surface area contributed by atoms with Crippen LogP contribution in [0.2, 0.25) is 5.02 Å². The van der Waals surface area contributed by atoms with Crippen LogP contribution in [0.3, 0.4) is 0 Å². The van der Waals surface area contributed by atoms with Crippen molar-refractivity contribution in [3.05, 3.63) is 50.6 Å². The molecule has 0 unspecified atom stereocenters. The van der Waals surface area contributed by atoms with Crippen LogP contribution in [0.25, 0.3) is 10.9 Å². The minimum Gasteiger partial charge on any atom is -0.375 e. The zero-order valence-electron chi connectivity index (χ0n) is 20.7. The zero-order chi connectivity index (χ0) is 26.1. The number of likely N-dealkylation sites (N-methyl/N-ethyl adjacent to an activating group) is 1. The van der Waals surface area contributed by atoms with Crippen molar-refractivity contribution >= 4 is 51.6 Å². The van der Waals surface area contributed by atoms with Gasteiger partial charge in [-0.1, -0.05) is 11.6 Å². The number of hydrogen-bond acceptors (Lipinski definition) is 7. The molecule has 3 amide bonds. The molecule has 0 radical (unpaired) electrons. The first-order valence-electron chi connectivity index (χ1n) is 12.1. The quantitative estimate of drug-likeness (QED) is 0.437. The molecule has 2 aliphatic heterocycles. The molecule has 1 saturated heterocycles. The second-order valence-electron chi connectivity index (χ2n) is 9.51. The van der Waals surface area contributed by atoms with Crippen molar-refractivity contribution in [1.82, 2.24) is 30.4 Å². The number of likely N-dealkylation sites (tertiary alicyclic amines) is 1. The third-order valence-corrected chi connectivity index (χ3v) is 8.13. The fraction of sp³-hybridized carbons (Fsp3) is 0.440. The van der Waals surface area contributed by atoms with E-state index in [1.807, 2.05) is 13.1 Å². The van der Waals surface area contributed by atoms with Crippen molar-refractivity contribution < 1.29 is 19.1 Å². The lowest BCUT2D eigenvalue weighted by molar-refractivity contribution is -0.136. The number of carbonyl (C=O) groups excluding carboxylic acids is 3. The van der Waals surface area contributed by atoms with Gasteiger partial charge in [0.1, 0.15) is 12.3 Å². The highest BCUT2D eigenvalue weighted by atomic mass is 35.5. The second kappa shape index (κ2) is 10.8. The number of nitrogens with one attached hydrogen (secondary N) is 3. The standard InChI is InChI=1S/C25H29ClN6O4S/c1-31-7-5-18-21(12-31)37-25(30-18)24(35)29-20-11-32(22(33)13-36-2)8-6-17(20)28-23(34)19-10-14-9-15(26)3-4-16(14)27-19/h3-4,9-10,17,20,27H,5-8,11-13H2,1-2H3,(H,28,34)(H,29,35)/t17-,20+/m1/s1. The van der Waals surface area contributed by atoms with Crippen molar-refractivity contribution in [1.29, 1.82) is 0 Å². The number of halogens is 1. The molecule has 37 heavy (non-hydrogen) atoms. The minimum atomic E-state index is -0.492. The number of amides is 3. The van der Waals surface area contributed by atoms with E-state index >= 15 is 0 Å². The second-order valence-corrected chi connectivity index (χ2v) is 11.0. The summed E-state index contributed by atoms with van der Waals surface area (Å²) in [6.07, 6.45) is 1.30. The summed E-state index contributed by atoms with van der Waals surface area (Å²) in [5, 5.41) is 7.92. The Balaban J connectivity index is 1.33. The summed E-state index contributed by atoms with van der Waals surface area (Å²) in [4.78, 5) is 51.5. The first-order valence-corrected chi connectivity index (χ1v) is 13.3. The fourth-order valence-electron chi connectivity index (χ4n) is 4.83. The minimum absolute atomic E-state index is 0.0396. The SMILES string of the molecule is COCC(=O)N1CC[C@@H](NC(=O)c2cc3cc(Cl)ccc3[nH]2)[C@@H](NC(=O)c2nc3c(s2)CN(C)CC3)C1. The maximum Gasteiger partial charge on any atom is 0.280 e. The van der Waals surface area contributed by atoms with E-state index < -0.39 is 6.04 Å². The lowest BCUT2D eigenvalue weighted by Gasteiger charge is -2.39. The summed E-state index contributed by atoms with van der Waals surface area (Å²) in [7, 11) is 3.52. The summed E-state index contributed by atoms with van der Waals surface area (Å²) in [6, 6.07) is 6.25. The molecule has 2 aromatic heterocycles. The Labute approximate surface area is 223 Å². The monoisotopic (exact) mass is 544 g/mol. The molecule has 0 aliphatic carbocycles. The van der Waals surface area contributed by atoms with Crippen LogP contribution in [0.5, 0.6) is 0 Å². The van der Waals surface area contributed by atoms with Gasteiger partial charge in [-0.05, 0) is 37.7 Å². The first kappa shape index (κ1) is 25.7. The molecule has 5 rings (SSSR count). The molecule has 0 spiro atoms. The van der Waals surface area contributed by atoms with E-state index in [4.69, 9.17) is 16.3 Å². The Bertz CT molecular complexity index is 1340. The van der Waals surface area contributed by atoms with Crippen LogP contribution in [0, 0.1) is 0 Å². The van der Waals surface area contributed by atoms with Crippen LogP contribution in [0.4, 0.5) is 0 Å². The highest BCUT2D eigenvalue weighted by Gasteiger charge is 2.35. The van der Waals surface area contributed by atoms with Crippen LogP contribution in [-0.4, -0.2) is 90.0 Å². The summed E-state index contributed by atoms with van der Waals surface area (Å²) in [6.45, 7) is 2.35. The van der Waals surface area contributed by atoms with E-state index in [2.05, 4.69) is 25.5 Å². The average molecular weight is 545 g/mol. The number of methoxy groups -OCH3 is 1. The predicted octanol–water partition coefficient (Wildman–Crippen LogP) is 2.04. The number of H-pyrrole nitrogens is 1. The number of rotatable bonds is 6. The average Bonchev–Trinajstić information content (AvgIpc) is 3.49. The van der Waals surface area contributed by atoms with E-state index in [0.717, 1.165) is 41.0 Å². The molecule has 10 nitrogen and oxygen atoms in total. The van der Waals surface area contributed by atoms with E-state index in [1.54, 1.807) is 23.1 Å². The summed E-state index contributed by atoms with van der Waals surface area (Å²) in [5.74, 6) is -0.750. The van der Waals surface area contributed by atoms with Gasteiger partial charge in [0, 0.05) is 60.5 Å². The van der Waals surface area contributed by atoms with Crippen LogP contribution in [0.1, 0.15) is 37.3 Å². The maximum absolute atomic E-state index is 13.2. The number of piperidine rings is 1. The van der Waals surface area contributed by atoms with Crippen LogP contribution < -0.4 is 10.6 Å². The van der Waals surface area contributed by atoms with E-state index in [-0.39, 0.29) is 36.9 Å². The van der Waals surface area contributed by atoms with Crippen LogP contribution >= 0.6 is 22.9 Å². The number of ether oxygens (including phenoxy) is 1. The predicted molar refractivity (Wildman–Crippen MR) is 141 cm³/mol. The number of benzene rings is 1. The Kier molecular flexibility index (Phi) is 7.47. The summed E-state index contributed by atoms with van der Waals surface area (Å²) in [5.41, 5.74) is 2.17. The molecule has 12 heteroatoms. The Morgan fingerprint density at radius 2 is 2.00 bits per heavy atom. The maximum atomic E-state index is 13.2. The van der Waals surface area contributed by atoms with E-state index in [9.17, 15) is 14.4 Å². The normalized spacial score (nSPS) is 20.0. The molecule has 0 bridgehead atoms. The molecule has 3 N–H and O–H groups in total. The highest BCUT2D eigenvalue weighted by molar-refractivity contribution is 7.13. The lowest BCUT2D eigenvalue weighted by Crippen LogP contribution is -2.61. The van der Waals surface area contributed by atoms with Crippen molar-refractivity contribution in [2.75, 3.05) is 40.4 Å². The molecule has 196 valence electrons. The van der Waals surface area contributed by atoms with E-state index in [0.29, 0.717) is 28.7 Å². The van der Waals surface area contributed by atoms with Gasteiger partial charge in [-0.3, -0.25) is 14.4 Å². The molecule has 0 saturated carbocycles. The van der Waals surface area contributed by atoms with Gasteiger partial charge in [-0.25, -0.2) is 4.98 Å². The number of thiazole rings is 1. The largest absolute Gasteiger partial charge is 0.375 e. The molecule has 4 heterocycles. The van der Waals surface area contributed by atoms with Gasteiger partial charge >= 0.3 is 0 Å². The molecule has 2 aliphatic rings. The molecule has 1 aromatic carbocycles. The van der Waals surface area contributed by atoms with Gasteiger partial charge in [0.25, 0.3) is 11.8 Å². The van der Waals surface area contributed by atoms with Gasteiger partial charge < -0.3 is 30.2 Å². The van der Waals surface area contributed by atoms with Gasteiger partial charge in [-0.15, -0.1) is 11.3 Å². The van der Waals surface area contributed by atoms with Gasteiger partial charge in [0.15, 0.2) is 5.01 Å². The molecule has 1 fully saturated rings. The number of carbonyl (C=O) groups is 3. The van der Waals surface area contributed by atoms with Crippen LogP contribution in [-0.2, 0) is 22.5 Å². The highest BCUT2D eigenvalue weighted by Crippen LogP contribution is 2.25. The lowest BCUT2D eigenvalue weighted by atomic mass is 9.98. The Morgan fingerprint density at radius 3 is 2.81 bits per heavy atom. The summed E-state index contributed by atoms with van der Waals surface area (Å²) < 4.78 is 5.01. The van der Waals surface area contributed by atoms with Gasteiger partial charge in [0.05, 0.1) is 17.8 Å². The van der Waals surface area contributed by atoms with E-state index in [1.165, 1.54) is 18.4 Å². The van der Waals surface area contributed by atoms with Crippen molar-refractivity contribution in [2.24, 2.45) is 0 Å². The molecule has 2 atom stereocenters. The molecule has 3 aromatic rings. The number of aromatic amines is 1. The Morgan fingerprint density at radius 1 is 1.19 bits per heavy atom. The smallest absolute Gasteiger partial charge is 0.280 e. The van der Waals surface area contributed by atoms with Crippen LogP contribution in [0.15, 0.2) is 24.3 Å². The first-order chi connectivity index (χ1) is 17.8. The molecular formula is C25H29ClN6O4S. The number of nitrogens with zero attached hydrogens (tertiary/aromatic N) is 3. The van der Waals surface area contributed by atoms with Gasteiger partial charge in [-0.2, -0.15) is 0 Å². The fourth-order valence-corrected chi connectivity index (χ4v) is 6.11.